The van der Waals surface area contributed by atoms with Gasteiger partial charge in [-0.1, -0.05) is 32.9 Å². The van der Waals surface area contributed by atoms with E-state index in [0.29, 0.717) is 5.75 Å². The molecule has 0 unspecified atom stereocenters. The van der Waals surface area contributed by atoms with Gasteiger partial charge in [-0.25, -0.2) is 4.79 Å². The molecule has 0 atom stereocenters. The Morgan fingerprint density at radius 2 is 1.80 bits per heavy atom. The Bertz CT molecular complexity index is 456. The highest BCUT2D eigenvalue weighted by molar-refractivity contribution is 6.61. The van der Waals surface area contributed by atoms with Crippen LogP contribution in [0.5, 0.6) is 5.75 Å². The van der Waals surface area contributed by atoms with Gasteiger partial charge in [0.2, 0.25) is 0 Å². The highest BCUT2D eigenvalue weighted by atomic mass is 35.5. The minimum Gasteiger partial charge on any atom is -0.415 e. The molecule has 0 amide bonds. The van der Waals surface area contributed by atoms with Gasteiger partial charge in [-0.2, -0.15) is 0 Å². The third kappa shape index (κ3) is 3.54. The lowest BCUT2D eigenvalue weighted by Gasteiger charge is -2.39. The molecule has 20 heavy (non-hydrogen) atoms. The lowest BCUT2D eigenvalue weighted by atomic mass is 9.66. The van der Waals surface area contributed by atoms with Gasteiger partial charge in [0.15, 0.2) is 0 Å². The van der Waals surface area contributed by atoms with Crippen LogP contribution in [0.2, 0.25) is 0 Å². The molecule has 1 aromatic rings. The summed E-state index contributed by atoms with van der Waals surface area (Å²) in [5, 5.41) is 0. The molecule has 0 saturated heterocycles. The zero-order valence-corrected chi connectivity index (χ0v) is 13.2. The Kier molecular flexibility index (Phi) is 4.74. The molecule has 1 aliphatic carbocycles. The van der Waals surface area contributed by atoms with E-state index < -0.39 is 5.43 Å². The molecular formula is C17H23ClO2. The number of rotatable bonds is 3. The average Bonchev–Trinajstić information content (AvgIpc) is 2.39. The molecule has 0 spiro atoms. The van der Waals surface area contributed by atoms with E-state index in [1.807, 2.05) is 12.1 Å². The maximum absolute atomic E-state index is 10.7. The number of carbonyl (C=O) groups is 1. The highest BCUT2D eigenvalue weighted by Gasteiger charge is 2.33. The molecule has 0 aliphatic heterocycles. The fourth-order valence-corrected chi connectivity index (χ4v) is 3.34. The summed E-state index contributed by atoms with van der Waals surface area (Å²) >= 11 is 5.21. The Morgan fingerprint density at radius 3 is 2.25 bits per heavy atom. The lowest BCUT2D eigenvalue weighted by Crippen LogP contribution is -2.30. The van der Waals surface area contributed by atoms with E-state index in [1.165, 1.54) is 31.2 Å². The van der Waals surface area contributed by atoms with Crippen molar-refractivity contribution in [3.05, 3.63) is 29.8 Å². The number of carbonyl (C=O) groups excluding carboxylic acids is 1. The van der Waals surface area contributed by atoms with Crippen LogP contribution >= 0.6 is 11.6 Å². The van der Waals surface area contributed by atoms with Crippen molar-refractivity contribution in [2.24, 2.45) is 11.8 Å². The van der Waals surface area contributed by atoms with E-state index >= 15 is 0 Å². The number of hydrogen-bond acceptors (Lipinski definition) is 2. The molecule has 0 aromatic heterocycles. The molecule has 0 N–H and O–H groups in total. The van der Waals surface area contributed by atoms with Crippen LogP contribution < -0.4 is 4.74 Å². The summed E-state index contributed by atoms with van der Waals surface area (Å²) in [7, 11) is 0. The van der Waals surface area contributed by atoms with Gasteiger partial charge in [0.25, 0.3) is 0 Å². The van der Waals surface area contributed by atoms with Crippen LogP contribution in [0.15, 0.2) is 24.3 Å². The van der Waals surface area contributed by atoms with Gasteiger partial charge >= 0.3 is 5.43 Å². The van der Waals surface area contributed by atoms with Crippen molar-refractivity contribution in [1.29, 1.82) is 0 Å². The Morgan fingerprint density at radius 1 is 1.25 bits per heavy atom. The lowest BCUT2D eigenvalue weighted by molar-refractivity contribution is 0.204. The van der Waals surface area contributed by atoms with Crippen LogP contribution in [-0.2, 0) is 5.41 Å². The van der Waals surface area contributed by atoms with E-state index in [9.17, 15) is 4.79 Å². The van der Waals surface area contributed by atoms with Crippen LogP contribution in [0.4, 0.5) is 4.79 Å². The summed E-state index contributed by atoms with van der Waals surface area (Å²) in [6.07, 6.45) is 5.05. The van der Waals surface area contributed by atoms with Gasteiger partial charge in [0.1, 0.15) is 5.75 Å². The molecule has 1 aliphatic rings. The van der Waals surface area contributed by atoms with Gasteiger partial charge in [-0.15, -0.1) is 0 Å². The molecule has 1 saturated carbocycles. The maximum Gasteiger partial charge on any atom is 0.409 e. The first-order chi connectivity index (χ1) is 9.40. The van der Waals surface area contributed by atoms with Crippen molar-refractivity contribution in [2.45, 2.75) is 51.9 Å². The predicted molar refractivity (Wildman–Crippen MR) is 82.5 cm³/mol. The fraction of sp³-hybridized carbons (Fsp3) is 0.588. The van der Waals surface area contributed by atoms with E-state index in [1.54, 1.807) is 0 Å². The number of benzene rings is 1. The standard InChI is InChI=1S/C17H23ClO2/c1-12(2)13-8-10-17(3,11-9-13)14-4-6-15(7-5-14)20-16(18)19/h4-7,12-13H,8-11H2,1-3H3. The van der Waals surface area contributed by atoms with Crippen molar-refractivity contribution >= 4 is 17.0 Å². The van der Waals surface area contributed by atoms with Crippen LogP contribution in [-0.4, -0.2) is 5.43 Å². The van der Waals surface area contributed by atoms with Crippen LogP contribution in [0.1, 0.15) is 52.0 Å². The smallest absolute Gasteiger partial charge is 0.409 e. The molecule has 110 valence electrons. The second kappa shape index (κ2) is 6.17. The van der Waals surface area contributed by atoms with Gasteiger partial charge in [-0.3, -0.25) is 0 Å². The summed E-state index contributed by atoms with van der Waals surface area (Å²) in [5.41, 5.74) is 0.782. The quantitative estimate of drug-likeness (QED) is 0.685. The Hall–Kier alpha value is -1.02. The summed E-state index contributed by atoms with van der Waals surface area (Å²) in [6, 6.07) is 7.78. The van der Waals surface area contributed by atoms with Gasteiger partial charge in [0, 0.05) is 11.6 Å². The summed E-state index contributed by atoms with van der Waals surface area (Å²) in [6.45, 7) is 6.98. The topological polar surface area (TPSA) is 26.3 Å². The molecule has 2 rings (SSSR count). The van der Waals surface area contributed by atoms with Gasteiger partial charge < -0.3 is 4.74 Å². The van der Waals surface area contributed by atoms with Crippen molar-refractivity contribution in [1.82, 2.24) is 0 Å². The second-order valence-corrected chi connectivity index (χ2v) is 6.81. The zero-order chi connectivity index (χ0) is 14.8. The summed E-state index contributed by atoms with van der Waals surface area (Å²) in [4.78, 5) is 10.7. The third-order valence-electron chi connectivity index (χ3n) is 4.83. The first-order valence-electron chi connectivity index (χ1n) is 7.38. The maximum atomic E-state index is 10.7. The molecule has 0 bridgehead atoms. The Labute approximate surface area is 126 Å². The fourth-order valence-electron chi connectivity index (χ4n) is 3.25. The van der Waals surface area contributed by atoms with Crippen molar-refractivity contribution in [2.75, 3.05) is 0 Å². The molecule has 1 aromatic carbocycles. The molecule has 0 radical (unpaired) electrons. The van der Waals surface area contributed by atoms with E-state index in [4.69, 9.17) is 16.3 Å². The van der Waals surface area contributed by atoms with Gasteiger partial charge in [-0.05, 0) is 60.6 Å². The van der Waals surface area contributed by atoms with Crippen LogP contribution in [0.25, 0.3) is 0 Å². The molecule has 3 heteroatoms. The Balaban J connectivity index is 2.06. The number of halogens is 1. The summed E-state index contributed by atoms with van der Waals surface area (Å²) in [5.74, 6) is 2.15. The van der Waals surface area contributed by atoms with Crippen LogP contribution in [0, 0.1) is 11.8 Å². The molecule has 1 fully saturated rings. The molecule has 2 nitrogen and oxygen atoms in total. The minimum absolute atomic E-state index is 0.245. The van der Waals surface area contributed by atoms with E-state index in [0.717, 1.165) is 11.8 Å². The van der Waals surface area contributed by atoms with Crippen molar-refractivity contribution in [3.8, 4) is 5.75 Å². The van der Waals surface area contributed by atoms with E-state index in [2.05, 4.69) is 32.9 Å². The molecular weight excluding hydrogens is 272 g/mol. The average molecular weight is 295 g/mol. The predicted octanol–water partition coefficient (Wildman–Crippen LogP) is 5.53. The summed E-state index contributed by atoms with van der Waals surface area (Å²) < 4.78 is 4.86. The first kappa shape index (κ1) is 15.4. The monoisotopic (exact) mass is 294 g/mol. The third-order valence-corrected chi connectivity index (χ3v) is 4.90. The second-order valence-electron chi connectivity index (χ2n) is 6.51. The SMILES string of the molecule is CC(C)C1CCC(C)(c2ccc(OC(=O)Cl)cc2)CC1. The number of ether oxygens (including phenoxy) is 1. The minimum atomic E-state index is -0.790. The normalized spacial score (nSPS) is 26.6. The zero-order valence-electron chi connectivity index (χ0n) is 12.5. The largest absolute Gasteiger partial charge is 0.415 e. The number of hydrogen-bond donors (Lipinski definition) is 0. The highest BCUT2D eigenvalue weighted by Crippen LogP contribution is 2.43. The first-order valence-corrected chi connectivity index (χ1v) is 7.76. The van der Waals surface area contributed by atoms with Crippen LogP contribution in [0.3, 0.4) is 0 Å². The van der Waals surface area contributed by atoms with Crippen molar-refractivity contribution < 1.29 is 9.53 Å². The van der Waals surface area contributed by atoms with Gasteiger partial charge in [0.05, 0.1) is 0 Å². The molecule has 0 heterocycles. The van der Waals surface area contributed by atoms with Crippen molar-refractivity contribution in [3.63, 3.8) is 0 Å². The van der Waals surface area contributed by atoms with E-state index in [-0.39, 0.29) is 5.41 Å².